The van der Waals surface area contributed by atoms with Crippen LogP contribution in [0.3, 0.4) is 0 Å². The summed E-state index contributed by atoms with van der Waals surface area (Å²) in [6.07, 6.45) is 2.99. The number of aryl methyl sites for hydroxylation is 1. The molecule has 0 fully saturated rings. The van der Waals surface area contributed by atoms with Crippen LogP contribution in [0.1, 0.15) is 30.8 Å². The Balaban J connectivity index is 2.04. The van der Waals surface area contributed by atoms with Gasteiger partial charge in [-0.05, 0) is 57.5 Å². The first-order valence-corrected chi connectivity index (χ1v) is 8.28. The second kappa shape index (κ2) is 8.33. The van der Waals surface area contributed by atoms with Gasteiger partial charge in [-0.15, -0.1) is 0 Å². The Hall–Kier alpha value is -2.82. The molecule has 0 aliphatic heterocycles. The zero-order valence-electron chi connectivity index (χ0n) is 15.1. The number of amides is 1. The van der Waals surface area contributed by atoms with Gasteiger partial charge in [0.05, 0.1) is 6.10 Å². The summed E-state index contributed by atoms with van der Waals surface area (Å²) >= 11 is 0. The van der Waals surface area contributed by atoms with Crippen molar-refractivity contribution in [2.24, 2.45) is 0 Å². The van der Waals surface area contributed by atoms with Gasteiger partial charge >= 0.3 is 5.97 Å². The summed E-state index contributed by atoms with van der Waals surface area (Å²) in [6.45, 7) is 7.44. The first kappa shape index (κ1) is 18.5. The van der Waals surface area contributed by atoms with Crippen molar-refractivity contribution in [2.75, 3.05) is 6.54 Å². The number of carbonyl (C=O) groups excluding carboxylic acids is 2. The van der Waals surface area contributed by atoms with Crippen LogP contribution in [0.5, 0.6) is 0 Å². The highest BCUT2D eigenvalue weighted by atomic mass is 16.5. The number of para-hydroxylation sites is 1. The van der Waals surface area contributed by atoms with Crippen molar-refractivity contribution in [2.45, 2.75) is 33.8 Å². The van der Waals surface area contributed by atoms with E-state index in [2.05, 4.69) is 9.88 Å². The van der Waals surface area contributed by atoms with Crippen LogP contribution in [0.25, 0.3) is 11.8 Å². The molecule has 0 spiro atoms. The Kier molecular flexibility index (Phi) is 6.17. The second-order valence-corrected chi connectivity index (χ2v) is 6.09. The highest BCUT2D eigenvalue weighted by molar-refractivity contribution is 5.93. The predicted molar refractivity (Wildman–Crippen MR) is 98.5 cm³/mol. The summed E-state index contributed by atoms with van der Waals surface area (Å²) in [4.78, 5) is 23.3. The molecule has 1 aromatic heterocycles. The molecular weight excluding hydrogens is 316 g/mol. The van der Waals surface area contributed by atoms with Crippen molar-refractivity contribution in [3.8, 4) is 5.69 Å². The molecular formula is C20H24N2O3. The van der Waals surface area contributed by atoms with E-state index in [0.29, 0.717) is 0 Å². The number of nitrogens with one attached hydrogen (secondary N) is 1. The summed E-state index contributed by atoms with van der Waals surface area (Å²) in [5.41, 5.74) is 4.18. The average Bonchev–Trinajstić information content (AvgIpc) is 2.85. The molecule has 5 nitrogen and oxygen atoms in total. The highest BCUT2D eigenvalue weighted by Crippen LogP contribution is 2.21. The fourth-order valence-electron chi connectivity index (χ4n) is 2.62. The topological polar surface area (TPSA) is 60.3 Å². The first-order valence-electron chi connectivity index (χ1n) is 8.28. The third kappa shape index (κ3) is 5.08. The third-order valence-electron chi connectivity index (χ3n) is 3.67. The number of esters is 1. The minimum absolute atomic E-state index is 0.135. The summed E-state index contributed by atoms with van der Waals surface area (Å²) in [6, 6.07) is 12.1. The van der Waals surface area contributed by atoms with Crippen molar-refractivity contribution in [3.05, 3.63) is 59.4 Å². The van der Waals surface area contributed by atoms with Crippen LogP contribution < -0.4 is 5.32 Å². The van der Waals surface area contributed by atoms with Crippen LogP contribution in [0.4, 0.5) is 0 Å². The van der Waals surface area contributed by atoms with Gasteiger partial charge in [0.1, 0.15) is 6.54 Å². The van der Waals surface area contributed by atoms with E-state index in [-0.39, 0.29) is 18.6 Å². The molecule has 0 atom stereocenters. The van der Waals surface area contributed by atoms with E-state index < -0.39 is 5.97 Å². The minimum atomic E-state index is -0.445. The molecule has 0 radical (unpaired) electrons. The van der Waals surface area contributed by atoms with Gasteiger partial charge in [-0.25, -0.2) is 0 Å². The summed E-state index contributed by atoms with van der Waals surface area (Å²) < 4.78 is 7.11. The molecule has 1 aromatic carbocycles. The number of rotatable bonds is 6. The number of carbonyl (C=O) groups is 2. The molecule has 0 aliphatic rings. The number of hydrogen-bond acceptors (Lipinski definition) is 3. The fourth-order valence-corrected chi connectivity index (χ4v) is 2.62. The van der Waals surface area contributed by atoms with E-state index in [0.717, 1.165) is 22.6 Å². The monoisotopic (exact) mass is 340 g/mol. The zero-order valence-corrected chi connectivity index (χ0v) is 15.1. The highest BCUT2D eigenvalue weighted by Gasteiger charge is 2.09. The van der Waals surface area contributed by atoms with E-state index in [1.165, 1.54) is 6.08 Å². The molecule has 2 aromatic rings. The Labute approximate surface area is 148 Å². The lowest BCUT2D eigenvalue weighted by atomic mass is 10.2. The summed E-state index contributed by atoms with van der Waals surface area (Å²) in [5, 5.41) is 2.52. The van der Waals surface area contributed by atoms with Gasteiger partial charge < -0.3 is 14.6 Å². The zero-order chi connectivity index (χ0) is 18.4. The van der Waals surface area contributed by atoms with E-state index in [9.17, 15) is 9.59 Å². The number of benzene rings is 1. The van der Waals surface area contributed by atoms with Gasteiger partial charge in [-0.1, -0.05) is 18.2 Å². The SMILES string of the molecule is Cc1cc(/C=C/C(=O)NCC(=O)OC(C)C)c(C)n1-c1ccccc1. The van der Waals surface area contributed by atoms with E-state index in [1.54, 1.807) is 19.9 Å². The molecule has 2 rings (SSSR count). The smallest absolute Gasteiger partial charge is 0.325 e. The lowest BCUT2D eigenvalue weighted by Crippen LogP contribution is -2.30. The molecule has 132 valence electrons. The fraction of sp³-hybridized carbons (Fsp3) is 0.300. The Morgan fingerprint density at radius 2 is 1.88 bits per heavy atom. The van der Waals surface area contributed by atoms with Gasteiger partial charge in [0.15, 0.2) is 0 Å². The number of aromatic nitrogens is 1. The molecule has 1 N–H and O–H groups in total. The van der Waals surface area contributed by atoms with Crippen molar-refractivity contribution in [1.29, 1.82) is 0 Å². The quantitative estimate of drug-likeness (QED) is 0.649. The van der Waals surface area contributed by atoms with Crippen LogP contribution in [0, 0.1) is 13.8 Å². The van der Waals surface area contributed by atoms with Crippen molar-refractivity contribution < 1.29 is 14.3 Å². The molecule has 0 saturated heterocycles. The first-order chi connectivity index (χ1) is 11.9. The minimum Gasteiger partial charge on any atom is -0.462 e. The van der Waals surface area contributed by atoms with Crippen molar-refractivity contribution >= 4 is 18.0 Å². The second-order valence-electron chi connectivity index (χ2n) is 6.09. The van der Waals surface area contributed by atoms with E-state index in [4.69, 9.17) is 4.74 Å². The van der Waals surface area contributed by atoms with Crippen LogP contribution in [-0.2, 0) is 14.3 Å². The maximum atomic E-state index is 11.9. The Bertz CT molecular complexity index is 774. The van der Waals surface area contributed by atoms with E-state index in [1.807, 2.05) is 50.2 Å². The molecule has 25 heavy (non-hydrogen) atoms. The maximum absolute atomic E-state index is 11.9. The lowest BCUT2D eigenvalue weighted by Gasteiger charge is -2.09. The number of hydrogen-bond donors (Lipinski definition) is 1. The summed E-state index contributed by atoms with van der Waals surface area (Å²) in [7, 11) is 0. The Morgan fingerprint density at radius 3 is 2.52 bits per heavy atom. The van der Waals surface area contributed by atoms with Crippen molar-refractivity contribution in [1.82, 2.24) is 9.88 Å². The van der Waals surface area contributed by atoms with Gasteiger partial charge in [-0.2, -0.15) is 0 Å². The van der Waals surface area contributed by atoms with E-state index >= 15 is 0 Å². The van der Waals surface area contributed by atoms with Crippen LogP contribution in [0.15, 0.2) is 42.5 Å². The molecule has 0 unspecified atom stereocenters. The standard InChI is InChI=1S/C20H24N2O3/c1-14(2)25-20(24)13-21-19(23)11-10-17-12-15(3)22(16(17)4)18-8-6-5-7-9-18/h5-12,14H,13H2,1-4H3,(H,21,23)/b11-10+. The average molecular weight is 340 g/mol. The molecule has 0 aliphatic carbocycles. The number of ether oxygens (including phenoxy) is 1. The van der Waals surface area contributed by atoms with Gasteiger partial charge in [0, 0.05) is 23.2 Å². The van der Waals surface area contributed by atoms with Gasteiger partial charge in [0.25, 0.3) is 0 Å². The summed E-state index contributed by atoms with van der Waals surface area (Å²) in [5.74, 6) is -0.774. The largest absolute Gasteiger partial charge is 0.462 e. The molecule has 1 amide bonds. The molecule has 1 heterocycles. The number of nitrogens with zero attached hydrogens (tertiary/aromatic N) is 1. The molecule has 0 saturated carbocycles. The van der Waals surface area contributed by atoms with Crippen LogP contribution in [0.2, 0.25) is 0 Å². The Morgan fingerprint density at radius 1 is 1.20 bits per heavy atom. The maximum Gasteiger partial charge on any atom is 0.325 e. The normalized spacial score (nSPS) is 11.1. The molecule has 5 heteroatoms. The van der Waals surface area contributed by atoms with Crippen LogP contribution >= 0.6 is 0 Å². The third-order valence-corrected chi connectivity index (χ3v) is 3.67. The van der Waals surface area contributed by atoms with Crippen molar-refractivity contribution in [3.63, 3.8) is 0 Å². The van der Waals surface area contributed by atoms with Gasteiger partial charge in [-0.3, -0.25) is 9.59 Å². The lowest BCUT2D eigenvalue weighted by molar-refractivity contribution is -0.147. The van der Waals surface area contributed by atoms with Gasteiger partial charge in [0.2, 0.25) is 5.91 Å². The predicted octanol–water partition coefficient (Wildman–Crippen LogP) is 3.18. The van der Waals surface area contributed by atoms with Crippen LogP contribution in [-0.4, -0.2) is 29.1 Å². The molecule has 0 bridgehead atoms.